The predicted molar refractivity (Wildman–Crippen MR) is 71.8 cm³/mol. The highest BCUT2D eigenvalue weighted by Crippen LogP contribution is 2.22. The quantitative estimate of drug-likeness (QED) is 0.943. The molecule has 0 bridgehead atoms. The van der Waals surface area contributed by atoms with Gasteiger partial charge in [-0.25, -0.2) is 0 Å². The third kappa shape index (κ3) is 3.94. The molecule has 0 unspecified atom stereocenters. The highest BCUT2D eigenvalue weighted by molar-refractivity contribution is 9.11. The Labute approximate surface area is 112 Å². The topological polar surface area (TPSA) is 42.0 Å². The zero-order chi connectivity index (χ0) is 12.1. The molecule has 0 atom stereocenters. The predicted octanol–water partition coefficient (Wildman–Crippen LogP) is 2.76. The first-order valence-corrected chi connectivity index (χ1v) is 6.75. The number of aromatic nitrogens is 1. The van der Waals surface area contributed by atoms with Gasteiger partial charge < -0.3 is 5.32 Å². The summed E-state index contributed by atoms with van der Waals surface area (Å²) < 4.78 is 1.05. The Kier molecular flexibility index (Phi) is 4.28. The van der Waals surface area contributed by atoms with Crippen LogP contribution in [0.3, 0.4) is 0 Å². The number of thiophene rings is 1. The molecule has 0 saturated heterocycles. The number of nitrogens with zero attached hydrogens (tertiary/aromatic N) is 1. The average molecular weight is 311 g/mol. The van der Waals surface area contributed by atoms with Crippen LogP contribution in [0.25, 0.3) is 0 Å². The monoisotopic (exact) mass is 310 g/mol. The van der Waals surface area contributed by atoms with Gasteiger partial charge in [0.1, 0.15) is 0 Å². The fourth-order valence-corrected chi connectivity index (χ4v) is 2.85. The van der Waals surface area contributed by atoms with Crippen LogP contribution in [0.2, 0.25) is 0 Å². The summed E-state index contributed by atoms with van der Waals surface area (Å²) in [5.74, 6) is 0.0381. The summed E-state index contributed by atoms with van der Waals surface area (Å²) in [5.41, 5.74) is 1.06. The molecular formula is C12H11BrN2OS. The van der Waals surface area contributed by atoms with Gasteiger partial charge in [-0.15, -0.1) is 11.3 Å². The van der Waals surface area contributed by atoms with E-state index in [4.69, 9.17) is 0 Å². The van der Waals surface area contributed by atoms with Gasteiger partial charge in [0.15, 0.2) is 0 Å². The van der Waals surface area contributed by atoms with E-state index in [2.05, 4.69) is 26.2 Å². The zero-order valence-corrected chi connectivity index (χ0v) is 11.4. The molecule has 3 nitrogen and oxygen atoms in total. The number of carbonyl (C=O) groups excluding carboxylic acids is 1. The Morgan fingerprint density at radius 2 is 2.06 bits per heavy atom. The molecule has 0 aliphatic carbocycles. The lowest BCUT2D eigenvalue weighted by atomic mass is 10.2. The molecule has 0 saturated carbocycles. The Morgan fingerprint density at radius 3 is 2.71 bits per heavy atom. The molecule has 0 aromatic carbocycles. The van der Waals surface area contributed by atoms with E-state index in [0.717, 1.165) is 14.2 Å². The molecule has 0 aliphatic rings. The first-order chi connectivity index (χ1) is 8.24. The third-order valence-corrected chi connectivity index (χ3v) is 3.83. The van der Waals surface area contributed by atoms with E-state index >= 15 is 0 Å². The highest BCUT2D eigenvalue weighted by Gasteiger charge is 2.05. The number of pyridine rings is 1. The minimum atomic E-state index is 0.0381. The summed E-state index contributed by atoms with van der Waals surface area (Å²) in [5, 5.41) is 2.88. The van der Waals surface area contributed by atoms with Gasteiger partial charge >= 0.3 is 0 Å². The van der Waals surface area contributed by atoms with Crippen molar-refractivity contribution in [1.82, 2.24) is 10.3 Å². The summed E-state index contributed by atoms with van der Waals surface area (Å²) >= 11 is 4.96. The van der Waals surface area contributed by atoms with Crippen molar-refractivity contribution < 1.29 is 4.79 Å². The second kappa shape index (κ2) is 5.93. The smallest absolute Gasteiger partial charge is 0.225 e. The van der Waals surface area contributed by atoms with Crippen molar-refractivity contribution in [1.29, 1.82) is 0 Å². The van der Waals surface area contributed by atoms with Crippen LogP contribution in [0.1, 0.15) is 10.4 Å². The van der Waals surface area contributed by atoms with E-state index in [1.54, 1.807) is 23.7 Å². The first-order valence-electron chi connectivity index (χ1n) is 5.14. The molecule has 2 rings (SSSR count). The third-order valence-electron chi connectivity index (χ3n) is 2.20. The fourth-order valence-electron chi connectivity index (χ4n) is 1.37. The van der Waals surface area contributed by atoms with Gasteiger partial charge in [0.05, 0.1) is 10.2 Å². The van der Waals surface area contributed by atoms with E-state index in [9.17, 15) is 4.79 Å². The number of hydrogen-bond donors (Lipinski definition) is 1. The molecule has 2 aromatic heterocycles. The highest BCUT2D eigenvalue weighted by atomic mass is 79.9. The van der Waals surface area contributed by atoms with Crippen LogP contribution in [-0.4, -0.2) is 10.9 Å². The summed E-state index contributed by atoms with van der Waals surface area (Å²) in [6.07, 6.45) is 3.87. The van der Waals surface area contributed by atoms with Gasteiger partial charge in [-0.1, -0.05) is 0 Å². The van der Waals surface area contributed by atoms with Crippen molar-refractivity contribution in [3.05, 3.63) is 50.9 Å². The maximum Gasteiger partial charge on any atom is 0.225 e. The van der Waals surface area contributed by atoms with Crippen LogP contribution < -0.4 is 5.32 Å². The molecule has 2 aromatic rings. The summed E-state index contributed by atoms with van der Waals surface area (Å²) in [4.78, 5) is 16.6. The number of rotatable bonds is 4. The molecule has 88 valence electrons. The van der Waals surface area contributed by atoms with Crippen LogP contribution >= 0.6 is 27.3 Å². The second-order valence-electron chi connectivity index (χ2n) is 3.51. The number of hydrogen-bond acceptors (Lipinski definition) is 3. The maximum atomic E-state index is 11.7. The Bertz CT molecular complexity index is 498. The minimum absolute atomic E-state index is 0.0381. The fraction of sp³-hybridized carbons (Fsp3) is 0.167. The van der Waals surface area contributed by atoms with E-state index < -0.39 is 0 Å². The van der Waals surface area contributed by atoms with E-state index in [-0.39, 0.29) is 5.91 Å². The van der Waals surface area contributed by atoms with E-state index in [0.29, 0.717) is 13.0 Å². The number of amides is 1. The molecule has 1 N–H and O–H groups in total. The summed E-state index contributed by atoms with van der Waals surface area (Å²) in [6.45, 7) is 0.550. The zero-order valence-electron chi connectivity index (χ0n) is 9.02. The summed E-state index contributed by atoms with van der Waals surface area (Å²) in [6, 6.07) is 7.70. The van der Waals surface area contributed by atoms with Crippen molar-refractivity contribution in [2.75, 3.05) is 0 Å². The summed E-state index contributed by atoms with van der Waals surface area (Å²) in [7, 11) is 0. The molecule has 0 aliphatic heterocycles. The SMILES string of the molecule is O=C(Cc1ccc(Br)s1)NCc1ccncc1. The Balaban J connectivity index is 1.82. The number of carbonyl (C=O) groups is 1. The first kappa shape index (κ1) is 12.3. The Morgan fingerprint density at radius 1 is 1.29 bits per heavy atom. The molecule has 2 heterocycles. The van der Waals surface area contributed by atoms with Gasteiger partial charge in [0.25, 0.3) is 0 Å². The second-order valence-corrected chi connectivity index (χ2v) is 6.06. The van der Waals surface area contributed by atoms with Crippen molar-refractivity contribution in [2.45, 2.75) is 13.0 Å². The Hall–Kier alpha value is -1.20. The van der Waals surface area contributed by atoms with Crippen molar-refractivity contribution in [3.63, 3.8) is 0 Å². The van der Waals surface area contributed by atoms with Crippen LogP contribution in [0, 0.1) is 0 Å². The molecule has 17 heavy (non-hydrogen) atoms. The van der Waals surface area contributed by atoms with Crippen molar-refractivity contribution >= 4 is 33.2 Å². The molecule has 0 spiro atoms. The molecular weight excluding hydrogens is 300 g/mol. The van der Waals surface area contributed by atoms with Gasteiger partial charge in [-0.3, -0.25) is 9.78 Å². The molecule has 0 fully saturated rings. The van der Waals surface area contributed by atoms with Crippen LogP contribution in [0.15, 0.2) is 40.4 Å². The molecule has 5 heteroatoms. The van der Waals surface area contributed by atoms with E-state index in [1.807, 2.05) is 24.3 Å². The van der Waals surface area contributed by atoms with Gasteiger partial charge in [-0.2, -0.15) is 0 Å². The van der Waals surface area contributed by atoms with Gasteiger partial charge in [0, 0.05) is 23.8 Å². The van der Waals surface area contributed by atoms with E-state index in [1.165, 1.54) is 0 Å². The molecule has 1 amide bonds. The van der Waals surface area contributed by atoms with Gasteiger partial charge in [-0.05, 0) is 45.8 Å². The average Bonchev–Trinajstić information content (AvgIpc) is 2.73. The minimum Gasteiger partial charge on any atom is -0.352 e. The maximum absolute atomic E-state index is 11.7. The van der Waals surface area contributed by atoms with Crippen molar-refractivity contribution in [3.8, 4) is 0 Å². The van der Waals surface area contributed by atoms with Crippen LogP contribution in [0.4, 0.5) is 0 Å². The largest absolute Gasteiger partial charge is 0.352 e. The van der Waals surface area contributed by atoms with Gasteiger partial charge in [0.2, 0.25) is 5.91 Å². The number of nitrogens with one attached hydrogen (secondary N) is 1. The van der Waals surface area contributed by atoms with Crippen LogP contribution in [0.5, 0.6) is 0 Å². The van der Waals surface area contributed by atoms with Crippen molar-refractivity contribution in [2.24, 2.45) is 0 Å². The lowest BCUT2D eigenvalue weighted by molar-refractivity contribution is -0.120. The number of halogens is 1. The standard InChI is InChI=1S/C12H11BrN2OS/c13-11-2-1-10(17-11)7-12(16)15-8-9-3-5-14-6-4-9/h1-6H,7-8H2,(H,15,16). The molecule has 0 radical (unpaired) electrons. The lowest BCUT2D eigenvalue weighted by Crippen LogP contribution is -2.24. The normalized spacial score (nSPS) is 10.2. The lowest BCUT2D eigenvalue weighted by Gasteiger charge is -2.03. The van der Waals surface area contributed by atoms with Crippen LogP contribution in [-0.2, 0) is 17.8 Å².